The molecule has 0 aromatic carbocycles. The van der Waals surface area contributed by atoms with E-state index in [1.165, 1.54) is 0 Å². The molecule has 0 atom stereocenters. The lowest BCUT2D eigenvalue weighted by Crippen LogP contribution is -2.21. The predicted octanol–water partition coefficient (Wildman–Crippen LogP) is 1.41. The predicted molar refractivity (Wildman–Crippen MR) is 29.4 cm³/mol. The summed E-state index contributed by atoms with van der Waals surface area (Å²) < 4.78 is 24.4. The molecule has 3 heteroatoms. The molecule has 1 aliphatic carbocycles. The molecule has 0 aliphatic heterocycles. The zero-order chi connectivity index (χ0) is 6.91. The molecule has 0 spiro atoms. The Labute approximate surface area is 52.7 Å². The standard InChI is InChI=1S/C6H10F2O/c7-6(8,4-9)3-5-1-2-5/h5,9H,1-4H2. The summed E-state index contributed by atoms with van der Waals surface area (Å²) >= 11 is 0. The fraction of sp³-hybridized carbons (Fsp3) is 1.00. The van der Waals surface area contributed by atoms with Gasteiger partial charge in [0.1, 0.15) is 6.61 Å². The van der Waals surface area contributed by atoms with Gasteiger partial charge < -0.3 is 5.11 Å². The van der Waals surface area contributed by atoms with Crippen LogP contribution in [-0.4, -0.2) is 17.6 Å². The van der Waals surface area contributed by atoms with Gasteiger partial charge >= 0.3 is 0 Å². The van der Waals surface area contributed by atoms with Crippen LogP contribution in [-0.2, 0) is 0 Å². The first-order valence-corrected chi connectivity index (χ1v) is 3.13. The summed E-state index contributed by atoms with van der Waals surface area (Å²) in [6.07, 6.45) is 1.70. The molecule has 0 aromatic heterocycles. The number of rotatable bonds is 3. The fourth-order valence-electron chi connectivity index (χ4n) is 0.809. The molecule has 0 unspecified atom stereocenters. The van der Waals surface area contributed by atoms with Crippen molar-refractivity contribution in [2.45, 2.75) is 25.2 Å². The lowest BCUT2D eigenvalue weighted by atomic mass is 10.2. The van der Waals surface area contributed by atoms with Gasteiger partial charge in [-0.1, -0.05) is 0 Å². The molecule has 0 amide bonds. The summed E-state index contributed by atoms with van der Waals surface area (Å²) in [6, 6.07) is 0. The van der Waals surface area contributed by atoms with Gasteiger partial charge in [0.2, 0.25) is 0 Å². The zero-order valence-corrected chi connectivity index (χ0v) is 5.11. The summed E-state index contributed by atoms with van der Waals surface area (Å²) in [7, 11) is 0. The number of aliphatic hydroxyl groups excluding tert-OH is 1. The van der Waals surface area contributed by atoms with E-state index < -0.39 is 12.5 Å². The van der Waals surface area contributed by atoms with Gasteiger partial charge in [-0.2, -0.15) is 0 Å². The van der Waals surface area contributed by atoms with E-state index in [9.17, 15) is 8.78 Å². The van der Waals surface area contributed by atoms with E-state index >= 15 is 0 Å². The first-order valence-electron chi connectivity index (χ1n) is 3.13. The molecular formula is C6H10F2O. The lowest BCUT2D eigenvalue weighted by molar-refractivity contribution is -0.0602. The molecule has 1 N–H and O–H groups in total. The number of hydrogen-bond donors (Lipinski definition) is 1. The molecule has 0 saturated heterocycles. The minimum absolute atomic E-state index is 0.122. The van der Waals surface area contributed by atoms with Crippen LogP contribution in [0.1, 0.15) is 19.3 Å². The van der Waals surface area contributed by atoms with Gasteiger partial charge in [-0.3, -0.25) is 0 Å². The SMILES string of the molecule is OCC(F)(F)CC1CC1. The van der Waals surface area contributed by atoms with Crippen LogP contribution in [0, 0.1) is 5.92 Å². The van der Waals surface area contributed by atoms with E-state index in [4.69, 9.17) is 5.11 Å². The summed E-state index contributed by atoms with van der Waals surface area (Å²) in [4.78, 5) is 0. The van der Waals surface area contributed by atoms with Gasteiger partial charge in [0.25, 0.3) is 5.92 Å². The van der Waals surface area contributed by atoms with Crippen molar-refractivity contribution in [1.29, 1.82) is 0 Å². The maximum atomic E-state index is 12.2. The Morgan fingerprint density at radius 3 is 2.33 bits per heavy atom. The van der Waals surface area contributed by atoms with Crippen molar-refractivity contribution in [3.63, 3.8) is 0 Å². The average molecular weight is 136 g/mol. The quantitative estimate of drug-likeness (QED) is 0.622. The summed E-state index contributed by atoms with van der Waals surface area (Å²) in [5.74, 6) is -2.63. The van der Waals surface area contributed by atoms with E-state index in [1.807, 2.05) is 0 Å². The van der Waals surface area contributed by atoms with E-state index in [0.29, 0.717) is 0 Å². The van der Waals surface area contributed by atoms with Gasteiger partial charge in [-0.15, -0.1) is 0 Å². The highest BCUT2D eigenvalue weighted by Crippen LogP contribution is 2.38. The monoisotopic (exact) mass is 136 g/mol. The highest BCUT2D eigenvalue weighted by molar-refractivity contribution is 4.79. The molecule has 1 nitrogen and oxygen atoms in total. The first-order chi connectivity index (χ1) is 4.14. The van der Waals surface area contributed by atoms with E-state index in [-0.39, 0.29) is 12.3 Å². The van der Waals surface area contributed by atoms with Crippen molar-refractivity contribution in [1.82, 2.24) is 0 Å². The van der Waals surface area contributed by atoms with Crippen LogP contribution < -0.4 is 0 Å². The number of hydrogen-bond acceptors (Lipinski definition) is 1. The Bertz CT molecular complexity index is 99.2. The molecule has 0 heterocycles. The minimum atomic E-state index is -2.82. The average Bonchev–Trinajstić information content (AvgIpc) is 2.50. The zero-order valence-electron chi connectivity index (χ0n) is 5.11. The molecule has 54 valence electrons. The normalized spacial score (nSPS) is 20.3. The van der Waals surface area contributed by atoms with Crippen LogP contribution in [0.5, 0.6) is 0 Å². The first kappa shape index (κ1) is 6.93. The van der Waals surface area contributed by atoms with Crippen LogP contribution in [0.3, 0.4) is 0 Å². The second-order valence-corrected chi connectivity index (χ2v) is 2.66. The number of halogens is 2. The molecule has 1 fully saturated rings. The second-order valence-electron chi connectivity index (χ2n) is 2.66. The summed E-state index contributed by atoms with van der Waals surface area (Å²) in [5.41, 5.74) is 0. The topological polar surface area (TPSA) is 20.2 Å². The Hall–Kier alpha value is -0.180. The van der Waals surface area contributed by atoms with E-state index in [2.05, 4.69) is 0 Å². The Morgan fingerprint density at radius 1 is 1.44 bits per heavy atom. The third kappa shape index (κ3) is 2.26. The van der Waals surface area contributed by atoms with Crippen LogP contribution in [0.4, 0.5) is 8.78 Å². The van der Waals surface area contributed by atoms with Gasteiger partial charge in [0.15, 0.2) is 0 Å². The smallest absolute Gasteiger partial charge is 0.270 e. The molecule has 1 aliphatic rings. The minimum Gasteiger partial charge on any atom is -0.390 e. The van der Waals surface area contributed by atoms with Gasteiger partial charge in [-0.05, 0) is 18.8 Å². The maximum absolute atomic E-state index is 12.2. The van der Waals surface area contributed by atoms with Crippen molar-refractivity contribution >= 4 is 0 Å². The Morgan fingerprint density at radius 2 is 2.00 bits per heavy atom. The van der Waals surface area contributed by atoms with Crippen molar-refractivity contribution in [2.75, 3.05) is 6.61 Å². The lowest BCUT2D eigenvalue weighted by Gasteiger charge is -2.10. The van der Waals surface area contributed by atoms with Crippen molar-refractivity contribution in [2.24, 2.45) is 5.92 Å². The van der Waals surface area contributed by atoms with Gasteiger partial charge in [0, 0.05) is 6.42 Å². The fourth-order valence-corrected chi connectivity index (χ4v) is 0.809. The van der Waals surface area contributed by atoms with Gasteiger partial charge in [-0.25, -0.2) is 8.78 Å². The highest BCUT2D eigenvalue weighted by atomic mass is 19.3. The second kappa shape index (κ2) is 2.21. The van der Waals surface area contributed by atoms with Crippen molar-refractivity contribution < 1.29 is 13.9 Å². The highest BCUT2D eigenvalue weighted by Gasteiger charge is 2.36. The maximum Gasteiger partial charge on any atom is 0.270 e. The van der Waals surface area contributed by atoms with Crippen molar-refractivity contribution in [3.8, 4) is 0 Å². The molecule has 1 saturated carbocycles. The Kier molecular flexibility index (Phi) is 1.70. The Balaban J connectivity index is 2.21. The molecule has 9 heavy (non-hydrogen) atoms. The molecule has 1 rings (SSSR count). The molecule has 0 aromatic rings. The van der Waals surface area contributed by atoms with Crippen LogP contribution in [0.25, 0.3) is 0 Å². The number of aliphatic hydroxyl groups is 1. The number of alkyl halides is 2. The van der Waals surface area contributed by atoms with Crippen LogP contribution >= 0.6 is 0 Å². The third-order valence-corrected chi connectivity index (χ3v) is 1.52. The van der Waals surface area contributed by atoms with E-state index in [1.54, 1.807) is 0 Å². The summed E-state index contributed by atoms with van der Waals surface area (Å²) in [5, 5.41) is 8.12. The van der Waals surface area contributed by atoms with Crippen molar-refractivity contribution in [3.05, 3.63) is 0 Å². The van der Waals surface area contributed by atoms with E-state index in [0.717, 1.165) is 12.8 Å². The third-order valence-electron chi connectivity index (χ3n) is 1.52. The largest absolute Gasteiger partial charge is 0.390 e. The molecular weight excluding hydrogens is 126 g/mol. The van der Waals surface area contributed by atoms with Crippen LogP contribution in [0.2, 0.25) is 0 Å². The molecule has 0 radical (unpaired) electrons. The molecule has 0 bridgehead atoms. The summed E-state index contributed by atoms with van der Waals surface area (Å²) in [6.45, 7) is -0.997. The van der Waals surface area contributed by atoms with Crippen LogP contribution in [0.15, 0.2) is 0 Å². The van der Waals surface area contributed by atoms with Gasteiger partial charge in [0.05, 0.1) is 0 Å².